The highest BCUT2D eigenvalue weighted by molar-refractivity contribution is 7.92. The zero-order valence-corrected chi connectivity index (χ0v) is 13.3. The smallest absolute Gasteiger partial charge is 0.265 e. The van der Waals surface area contributed by atoms with Crippen molar-refractivity contribution in [1.29, 1.82) is 0 Å². The zero-order valence-electron chi connectivity index (χ0n) is 10.9. The average molecular weight is 347 g/mol. The summed E-state index contributed by atoms with van der Waals surface area (Å²) in [5, 5.41) is 0.589. The third kappa shape index (κ3) is 3.53. The normalized spacial score (nSPS) is 11.2. The number of hydrogen-bond acceptors (Lipinski definition) is 4. The fourth-order valence-corrected chi connectivity index (χ4v) is 3.18. The molecule has 0 aliphatic carbocycles. The second-order valence-corrected chi connectivity index (χ2v) is 6.61. The van der Waals surface area contributed by atoms with Crippen LogP contribution in [0.25, 0.3) is 0 Å². The van der Waals surface area contributed by atoms with Crippen molar-refractivity contribution in [2.24, 2.45) is 0 Å². The van der Waals surface area contributed by atoms with E-state index in [1.54, 1.807) is 0 Å². The fraction of sp³-hybridized carbons (Fsp3) is 0.0769. The maximum Gasteiger partial charge on any atom is 0.265 e. The minimum Gasteiger partial charge on any atom is -0.495 e. The van der Waals surface area contributed by atoms with Crippen molar-refractivity contribution in [3.63, 3.8) is 0 Å². The van der Waals surface area contributed by atoms with E-state index in [0.29, 0.717) is 16.4 Å². The molecule has 21 heavy (non-hydrogen) atoms. The molecular formula is C13H12Cl2N2O3S. The van der Waals surface area contributed by atoms with Crippen molar-refractivity contribution in [3.05, 3.63) is 46.4 Å². The molecule has 0 radical (unpaired) electrons. The summed E-state index contributed by atoms with van der Waals surface area (Å²) in [4.78, 5) is -0.0229. The van der Waals surface area contributed by atoms with E-state index in [1.165, 1.54) is 43.5 Å². The van der Waals surface area contributed by atoms with Crippen molar-refractivity contribution in [3.8, 4) is 5.75 Å². The quantitative estimate of drug-likeness (QED) is 0.831. The average Bonchev–Trinajstić information content (AvgIpc) is 2.42. The van der Waals surface area contributed by atoms with Crippen LogP contribution in [-0.2, 0) is 10.0 Å². The number of nitrogen functional groups attached to an aromatic ring is 1. The Morgan fingerprint density at radius 2 is 1.81 bits per heavy atom. The van der Waals surface area contributed by atoms with Gasteiger partial charge in [-0.2, -0.15) is 0 Å². The van der Waals surface area contributed by atoms with Gasteiger partial charge in [0.25, 0.3) is 10.0 Å². The van der Waals surface area contributed by atoms with Crippen molar-refractivity contribution in [2.45, 2.75) is 4.90 Å². The Balaban J connectivity index is 2.40. The molecule has 0 aliphatic rings. The summed E-state index contributed by atoms with van der Waals surface area (Å²) in [5.74, 6) is 0.155. The van der Waals surface area contributed by atoms with E-state index in [4.69, 9.17) is 33.7 Å². The summed E-state index contributed by atoms with van der Waals surface area (Å²) >= 11 is 11.7. The molecule has 0 fully saturated rings. The molecule has 3 N–H and O–H groups in total. The Morgan fingerprint density at radius 3 is 2.43 bits per heavy atom. The number of anilines is 2. The molecular weight excluding hydrogens is 335 g/mol. The van der Waals surface area contributed by atoms with E-state index in [-0.39, 0.29) is 15.7 Å². The molecule has 0 aromatic heterocycles. The highest BCUT2D eigenvalue weighted by Crippen LogP contribution is 2.30. The van der Waals surface area contributed by atoms with Gasteiger partial charge in [-0.25, -0.2) is 8.42 Å². The van der Waals surface area contributed by atoms with Crippen LogP contribution in [0.15, 0.2) is 41.3 Å². The van der Waals surface area contributed by atoms with E-state index in [0.717, 1.165) is 0 Å². The van der Waals surface area contributed by atoms with E-state index < -0.39 is 10.0 Å². The first-order chi connectivity index (χ1) is 9.83. The first-order valence-electron chi connectivity index (χ1n) is 5.75. The Morgan fingerprint density at radius 1 is 1.10 bits per heavy atom. The number of hydrogen-bond donors (Lipinski definition) is 2. The van der Waals surface area contributed by atoms with Crippen LogP contribution < -0.4 is 15.2 Å². The molecule has 0 atom stereocenters. The Hall–Kier alpha value is -1.63. The minimum atomic E-state index is -3.83. The van der Waals surface area contributed by atoms with Gasteiger partial charge in [-0.1, -0.05) is 23.2 Å². The second-order valence-electron chi connectivity index (χ2n) is 4.14. The lowest BCUT2D eigenvalue weighted by Crippen LogP contribution is -2.14. The minimum absolute atomic E-state index is 0.0229. The third-order valence-electron chi connectivity index (χ3n) is 2.65. The van der Waals surface area contributed by atoms with Crippen molar-refractivity contribution >= 4 is 44.6 Å². The molecule has 0 unspecified atom stereocenters. The molecule has 0 spiro atoms. The molecule has 2 rings (SSSR count). The molecule has 0 saturated carbocycles. The van der Waals surface area contributed by atoms with E-state index in [2.05, 4.69) is 4.72 Å². The molecule has 112 valence electrons. The highest BCUT2D eigenvalue weighted by Gasteiger charge is 2.20. The number of rotatable bonds is 4. The van der Waals surface area contributed by atoms with Gasteiger partial charge < -0.3 is 10.5 Å². The van der Waals surface area contributed by atoms with Crippen LogP contribution in [0.4, 0.5) is 11.4 Å². The SMILES string of the molecule is COc1cc(N)ccc1S(=O)(=O)Nc1ccc(Cl)c(Cl)c1. The topological polar surface area (TPSA) is 81.4 Å². The molecule has 0 bridgehead atoms. The summed E-state index contributed by atoms with van der Waals surface area (Å²) in [7, 11) is -2.47. The molecule has 0 aliphatic heterocycles. The number of sulfonamides is 1. The van der Waals surface area contributed by atoms with E-state index in [1.807, 2.05) is 0 Å². The van der Waals surface area contributed by atoms with Crippen molar-refractivity contribution in [2.75, 3.05) is 17.6 Å². The van der Waals surface area contributed by atoms with Crippen LogP contribution in [0.5, 0.6) is 5.75 Å². The maximum atomic E-state index is 12.4. The predicted octanol–water partition coefficient (Wildman–Crippen LogP) is 3.39. The standard InChI is InChI=1S/C13H12Cl2N2O3S/c1-20-12-6-8(16)2-5-13(12)21(18,19)17-9-3-4-10(14)11(15)7-9/h2-7,17H,16H2,1H3. The van der Waals surface area contributed by atoms with Gasteiger partial charge in [0.15, 0.2) is 0 Å². The Bertz CT molecular complexity index is 779. The molecule has 2 aromatic carbocycles. The molecule has 0 saturated heterocycles. The number of nitrogens with one attached hydrogen (secondary N) is 1. The molecule has 0 heterocycles. The van der Waals surface area contributed by atoms with Gasteiger partial charge in [0.2, 0.25) is 0 Å². The van der Waals surface area contributed by atoms with E-state index in [9.17, 15) is 8.42 Å². The van der Waals surface area contributed by atoms with Gasteiger partial charge in [0, 0.05) is 11.8 Å². The van der Waals surface area contributed by atoms with Crippen LogP contribution in [-0.4, -0.2) is 15.5 Å². The highest BCUT2D eigenvalue weighted by atomic mass is 35.5. The molecule has 0 amide bonds. The van der Waals surface area contributed by atoms with E-state index >= 15 is 0 Å². The molecule has 8 heteroatoms. The van der Waals surface area contributed by atoms with Gasteiger partial charge in [-0.15, -0.1) is 0 Å². The van der Waals surface area contributed by atoms with Gasteiger partial charge in [-0.3, -0.25) is 4.72 Å². The summed E-state index contributed by atoms with van der Waals surface area (Å²) in [6.07, 6.45) is 0. The summed E-state index contributed by atoms with van der Waals surface area (Å²) in [6, 6.07) is 8.71. The number of benzene rings is 2. The fourth-order valence-electron chi connectivity index (χ4n) is 1.68. The van der Waals surface area contributed by atoms with Crippen LogP contribution >= 0.6 is 23.2 Å². The molecule has 2 aromatic rings. The van der Waals surface area contributed by atoms with Crippen LogP contribution in [0.2, 0.25) is 10.0 Å². The van der Waals surface area contributed by atoms with Crippen LogP contribution in [0.3, 0.4) is 0 Å². The third-order valence-corrected chi connectivity index (χ3v) is 4.81. The summed E-state index contributed by atoms with van der Waals surface area (Å²) < 4.78 is 32.2. The first-order valence-corrected chi connectivity index (χ1v) is 7.99. The predicted molar refractivity (Wildman–Crippen MR) is 84.7 cm³/mol. The Labute approximate surface area is 132 Å². The lowest BCUT2D eigenvalue weighted by molar-refractivity contribution is 0.403. The number of ether oxygens (including phenoxy) is 1. The summed E-state index contributed by atoms with van der Waals surface area (Å²) in [5.41, 5.74) is 6.31. The van der Waals surface area contributed by atoms with Gasteiger partial charge in [0.05, 0.1) is 22.8 Å². The zero-order chi connectivity index (χ0) is 15.6. The van der Waals surface area contributed by atoms with Crippen LogP contribution in [0, 0.1) is 0 Å². The summed E-state index contributed by atoms with van der Waals surface area (Å²) in [6.45, 7) is 0. The molecule has 5 nitrogen and oxygen atoms in total. The lowest BCUT2D eigenvalue weighted by Gasteiger charge is -2.12. The van der Waals surface area contributed by atoms with Gasteiger partial charge in [0.1, 0.15) is 10.6 Å². The number of halogens is 2. The Kier molecular flexibility index (Phi) is 4.51. The van der Waals surface area contributed by atoms with Crippen LogP contribution in [0.1, 0.15) is 0 Å². The lowest BCUT2D eigenvalue weighted by atomic mass is 10.3. The second kappa shape index (κ2) is 6.01. The van der Waals surface area contributed by atoms with Crippen molar-refractivity contribution in [1.82, 2.24) is 0 Å². The number of nitrogens with two attached hydrogens (primary N) is 1. The first kappa shape index (κ1) is 15.8. The maximum absolute atomic E-state index is 12.4. The van der Waals surface area contributed by atoms with Gasteiger partial charge >= 0.3 is 0 Å². The monoisotopic (exact) mass is 346 g/mol. The largest absolute Gasteiger partial charge is 0.495 e. The van der Waals surface area contributed by atoms with Gasteiger partial charge in [-0.05, 0) is 30.3 Å². The number of methoxy groups -OCH3 is 1. The van der Waals surface area contributed by atoms with Crippen molar-refractivity contribution < 1.29 is 13.2 Å².